The summed E-state index contributed by atoms with van der Waals surface area (Å²) in [5, 5.41) is 3.47. The Bertz CT molecular complexity index is 526. The van der Waals surface area contributed by atoms with Crippen LogP contribution in [0.1, 0.15) is 12.0 Å². The quantitative estimate of drug-likeness (QED) is 0.896. The topological polar surface area (TPSA) is 61.3 Å². The highest BCUT2D eigenvalue weighted by Gasteiger charge is 2.21. The van der Waals surface area contributed by atoms with E-state index in [1.54, 1.807) is 6.07 Å². The zero-order chi connectivity index (χ0) is 12.4. The first-order chi connectivity index (χ1) is 8.13. The first-order valence-electron chi connectivity index (χ1n) is 4.81. The van der Waals surface area contributed by atoms with Crippen LogP contribution in [0, 0.1) is 0 Å². The van der Waals surface area contributed by atoms with Crippen molar-refractivity contribution in [1.82, 2.24) is 5.16 Å². The SMILES string of the molecule is COc1cccc(C(F)F)c1-c1cc(N)no1. The minimum Gasteiger partial charge on any atom is -0.496 e. The molecule has 1 heterocycles. The second-order valence-electron chi connectivity index (χ2n) is 3.34. The number of alkyl halides is 2. The van der Waals surface area contributed by atoms with Crippen molar-refractivity contribution >= 4 is 5.82 Å². The van der Waals surface area contributed by atoms with Crippen LogP contribution in [0.3, 0.4) is 0 Å². The molecule has 0 fully saturated rings. The van der Waals surface area contributed by atoms with Gasteiger partial charge in [-0.05, 0) is 6.07 Å². The lowest BCUT2D eigenvalue weighted by molar-refractivity contribution is 0.151. The number of benzene rings is 1. The molecule has 0 unspecified atom stereocenters. The molecule has 90 valence electrons. The third-order valence-corrected chi connectivity index (χ3v) is 2.29. The largest absolute Gasteiger partial charge is 0.496 e. The highest BCUT2D eigenvalue weighted by molar-refractivity contribution is 5.71. The molecule has 2 N–H and O–H groups in total. The standard InChI is InChI=1S/C11H10F2N2O2/c1-16-7-4-2-3-6(11(12)13)10(7)8-5-9(14)15-17-8/h2-5,11H,1H3,(H2,14,15). The lowest BCUT2D eigenvalue weighted by Crippen LogP contribution is -1.94. The smallest absolute Gasteiger partial charge is 0.264 e. The van der Waals surface area contributed by atoms with E-state index < -0.39 is 6.43 Å². The van der Waals surface area contributed by atoms with Crippen LogP contribution in [0.2, 0.25) is 0 Å². The van der Waals surface area contributed by atoms with Gasteiger partial charge in [-0.1, -0.05) is 17.3 Å². The van der Waals surface area contributed by atoms with E-state index in [0.29, 0.717) is 5.75 Å². The van der Waals surface area contributed by atoms with E-state index in [0.717, 1.165) is 0 Å². The molecular formula is C11H10F2N2O2. The van der Waals surface area contributed by atoms with Gasteiger partial charge in [0.2, 0.25) is 0 Å². The number of methoxy groups -OCH3 is 1. The molecule has 0 amide bonds. The number of anilines is 1. The van der Waals surface area contributed by atoms with Crippen LogP contribution in [0.4, 0.5) is 14.6 Å². The van der Waals surface area contributed by atoms with E-state index in [9.17, 15) is 8.78 Å². The average molecular weight is 240 g/mol. The van der Waals surface area contributed by atoms with E-state index in [2.05, 4.69) is 5.16 Å². The Balaban J connectivity index is 2.64. The van der Waals surface area contributed by atoms with Gasteiger partial charge in [0.25, 0.3) is 6.43 Å². The van der Waals surface area contributed by atoms with Gasteiger partial charge in [0.15, 0.2) is 11.6 Å². The summed E-state index contributed by atoms with van der Waals surface area (Å²) in [5.41, 5.74) is 5.40. The molecule has 4 nitrogen and oxygen atoms in total. The molecule has 1 aromatic heterocycles. The molecule has 0 atom stereocenters. The van der Waals surface area contributed by atoms with Crippen molar-refractivity contribution in [3.8, 4) is 17.1 Å². The van der Waals surface area contributed by atoms with Gasteiger partial charge in [0.1, 0.15) is 5.75 Å². The van der Waals surface area contributed by atoms with Crippen LogP contribution in [0.15, 0.2) is 28.8 Å². The Morgan fingerprint density at radius 3 is 2.71 bits per heavy atom. The summed E-state index contributed by atoms with van der Waals surface area (Å²) in [5.74, 6) is 0.584. The molecule has 0 aliphatic rings. The van der Waals surface area contributed by atoms with Crippen LogP contribution >= 0.6 is 0 Å². The van der Waals surface area contributed by atoms with Crippen LogP contribution in [0.25, 0.3) is 11.3 Å². The highest BCUT2D eigenvalue weighted by atomic mass is 19.3. The van der Waals surface area contributed by atoms with Gasteiger partial charge >= 0.3 is 0 Å². The Kier molecular flexibility index (Phi) is 2.95. The van der Waals surface area contributed by atoms with Crippen LogP contribution in [-0.2, 0) is 0 Å². The summed E-state index contributed by atoms with van der Waals surface area (Å²) in [6.45, 7) is 0. The Labute approximate surface area is 96.0 Å². The van der Waals surface area contributed by atoms with Gasteiger partial charge < -0.3 is 15.0 Å². The van der Waals surface area contributed by atoms with E-state index in [-0.39, 0.29) is 22.7 Å². The molecule has 17 heavy (non-hydrogen) atoms. The summed E-state index contributed by atoms with van der Waals surface area (Å²) in [4.78, 5) is 0. The van der Waals surface area contributed by atoms with E-state index in [4.69, 9.17) is 15.0 Å². The minimum atomic E-state index is -2.63. The fraction of sp³-hybridized carbons (Fsp3) is 0.182. The highest BCUT2D eigenvalue weighted by Crippen LogP contribution is 2.38. The third-order valence-electron chi connectivity index (χ3n) is 2.29. The van der Waals surface area contributed by atoms with Gasteiger partial charge in [-0.3, -0.25) is 0 Å². The van der Waals surface area contributed by atoms with Gasteiger partial charge in [0.05, 0.1) is 12.7 Å². The maximum atomic E-state index is 12.9. The number of hydrogen-bond donors (Lipinski definition) is 1. The van der Waals surface area contributed by atoms with Gasteiger partial charge in [-0.15, -0.1) is 0 Å². The molecule has 1 aromatic carbocycles. The Morgan fingerprint density at radius 2 is 2.18 bits per heavy atom. The molecular weight excluding hydrogens is 230 g/mol. The van der Waals surface area contributed by atoms with Crippen LogP contribution in [0.5, 0.6) is 5.75 Å². The van der Waals surface area contributed by atoms with E-state index in [1.807, 2.05) is 0 Å². The van der Waals surface area contributed by atoms with Crippen molar-refractivity contribution in [2.75, 3.05) is 12.8 Å². The number of hydrogen-bond acceptors (Lipinski definition) is 4. The molecule has 0 radical (unpaired) electrons. The summed E-state index contributed by atoms with van der Waals surface area (Å²) >= 11 is 0. The molecule has 0 saturated heterocycles. The number of nitrogens with two attached hydrogens (primary N) is 1. The number of nitrogen functional groups attached to an aromatic ring is 1. The van der Waals surface area contributed by atoms with E-state index >= 15 is 0 Å². The van der Waals surface area contributed by atoms with Gasteiger partial charge in [0, 0.05) is 11.6 Å². The maximum Gasteiger partial charge on any atom is 0.264 e. The number of aromatic nitrogens is 1. The predicted octanol–water partition coefficient (Wildman–Crippen LogP) is 2.87. The zero-order valence-electron chi connectivity index (χ0n) is 8.98. The van der Waals surface area contributed by atoms with Crippen molar-refractivity contribution in [1.29, 1.82) is 0 Å². The summed E-state index contributed by atoms with van der Waals surface area (Å²) in [6.07, 6.45) is -2.63. The monoisotopic (exact) mass is 240 g/mol. The molecule has 2 rings (SSSR count). The number of ether oxygens (including phenoxy) is 1. The Hall–Kier alpha value is -2.11. The van der Waals surface area contributed by atoms with Crippen molar-refractivity contribution in [3.63, 3.8) is 0 Å². The zero-order valence-corrected chi connectivity index (χ0v) is 8.98. The predicted molar refractivity (Wildman–Crippen MR) is 57.9 cm³/mol. The average Bonchev–Trinajstić information content (AvgIpc) is 2.74. The molecule has 0 aliphatic heterocycles. The van der Waals surface area contributed by atoms with Crippen molar-refractivity contribution < 1.29 is 18.0 Å². The van der Waals surface area contributed by atoms with Crippen LogP contribution in [-0.4, -0.2) is 12.3 Å². The molecule has 0 bridgehead atoms. The number of halogens is 2. The van der Waals surface area contributed by atoms with E-state index in [1.165, 1.54) is 25.3 Å². The lowest BCUT2D eigenvalue weighted by atomic mass is 10.0. The van der Waals surface area contributed by atoms with Gasteiger partial charge in [-0.25, -0.2) is 8.78 Å². The normalized spacial score (nSPS) is 10.8. The second kappa shape index (κ2) is 4.40. The summed E-state index contributed by atoms with van der Waals surface area (Å²) in [7, 11) is 1.40. The lowest BCUT2D eigenvalue weighted by Gasteiger charge is -2.10. The molecule has 0 aliphatic carbocycles. The molecule has 6 heteroatoms. The number of nitrogens with zero attached hydrogens (tertiary/aromatic N) is 1. The fourth-order valence-electron chi connectivity index (χ4n) is 1.57. The second-order valence-corrected chi connectivity index (χ2v) is 3.34. The fourth-order valence-corrected chi connectivity index (χ4v) is 1.57. The minimum absolute atomic E-state index is 0.131. The first kappa shape index (κ1) is 11.4. The molecule has 2 aromatic rings. The number of rotatable bonds is 3. The van der Waals surface area contributed by atoms with Crippen LogP contribution < -0.4 is 10.5 Å². The first-order valence-corrected chi connectivity index (χ1v) is 4.81. The molecule has 0 saturated carbocycles. The summed E-state index contributed by atoms with van der Waals surface area (Å²) in [6, 6.07) is 5.74. The van der Waals surface area contributed by atoms with Crippen molar-refractivity contribution in [3.05, 3.63) is 29.8 Å². The van der Waals surface area contributed by atoms with Gasteiger partial charge in [-0.2, -0.15) is 0 Å². The maximum absolute atomic E-state index is 12.9. The molecule has 0 spiro atoms. The van der Waals surface area contributed by atoms with Crippen molar-refractivity contribution in [2.24, 2.45) is 0 Å². The Morgan fingerprint density at radius 1 is 1.41 bits per heavy atom. The third kappa shape index (κ3) is 2.06. The summed E-state index contributed by atoms with van der Waals surface area (Å²) < 4.78 is 35.7. The van der Waals surface area contributed by atoms with Crippen molar-refractivity contribution in [2.45, 2.75) is 6.43 Å².